The van der Waals surface area contributed by atoms with Gasteiger partial charge in [0.15, 0.2) is 17.5 Å². The molecular formula is C12H10F3NOS. The lowest BCUT2D eigenvalue weighted by atomic mass is 10.0. The maximum absolute atomic E-state index is 13.0. The van der Waals surface area contributed by atoms with Crippen molar-refractivity contribution in [2.45, 2.75) is 19.4 Å². The second-order valence-electron chi connectivity index (χ2n) is 3.88. The van der Waals surface area contributed by atoms with Gasteiger partial charge in [0, 0.05) is 11.8 Å². The molecule has 96 valence electrons. The summed E-state index contributed by atoms with van der Waals surface area (Å²) < 4.78 is 38.8. The number of benzene rings is 1. The molecular weight excluding hydrogens is 263 g/mol. The molecule has 0 amide bonds. The Morgan fingerprint density at radius 3 is 2.39 bits per heavy atom. The van der Waals surface area contributed by atoms with E-state index < -0.39 is 23.6 Å². The van der Waals surface area contributed by atoms with E-state index in [1.807, 2.05) is 6.92 Å². The van der Waals surface area contributed by atoms with Gasteiger partial charge in [0.05, 0.1) is 16.8 Å². The van der Waals surface area contributed by atoms with Crippen molar-refractivity contribution in [3.05, 3.63) is 51.2 Å². The lowest BCUT2D eigenvalue weighted by Crippen LogP contribution is -2.05. The summed E-state index contributed by atoms with van der Waals surface area (Å²) in [5, 5.41) is 12.4. The van der Waals surface area contributed by atoms with Crippen LogP contribution in [0.4, 0.5) is 13.2 Å². The minimum atomic E-state index is -1.53. The van der Waals surface area contributed by atoms with Crippen molar-refractivity contribution in [3.8, 4) is 0 Å². The fourth-order valence-corrected chi connectivity index (χ4v) is 2.21. The predicted octanol–water partition coefficient (Wildman–Crippen LogP) is 3.14. The van der Waals surface area contributed by atoms with Crippen molar-refractivity contribution in [2.75, 3.05) is 0 Å². The van der Waals surface area contributed by atoms with E-state index in [-0.39, 0.29) is 12.0 Å². The van der Waals surface area contributed by atoms with Crippen LogP contribution in [0.2, 0.25) is 0 Å². The van der Waals surface area contributed by atoms with Crippen LogP contribution in [0.1, 0.15) is 22.4 Å². The summed E-state index contributed by atoms with van der Waals surface area (Å²) in [5.41, 5.74) is 0.632. The zero-order valence-electron chi connectivity index (χ0n) is 9.45. The van der Waals surface area contributed by atoms with Gasteiger partial charge in [-0.25, -0.2) is 18.2 Å². The topological polar surface area (TPSA) is 33.1 Å². The summed E-state index contributed by atoms with van der Waals surface area (Å²) in [6.07, 6.45) is -0.981. The Hall–Kier alpha value is -1.40. The third kappa shape index (κ3) is 2.70. The molecule has 1 heterocycles. The first-order valence-corrected chi connectivity index (χ1v) is 6.09. The fraction of sp³-hybridized carbons (Fsp3) is 0.250. The molecule has 1 atom stereocenters. The van der Waals surface area contributed by atoms with Gasteiger partial charge in [-0.15, -0.1) is 11.3 Å². The molecule has 0 aliphatic heterocycles. The van der Waals surface area contributed by atoms with Crippen LogP contribution < -0.4 is 0 Å². The third-order valence-electron chi connectivity index (χ3n) is 2.46. The van der Waals surface area contributed by atoms with Gasteiger partial charge in [-0.05, 0) is 24.6 Å². The molecule has 0 saturated heterocycles. The van der Waals surface area contributed by atoms with Crippen molar-refractivity contribution in [1.82, 2.24) is 4.98 Å². The Bertz CT molecular complexity index is 547. The number of rotatable bonds is 3. The molecule has 18 heavy (non-hydrogen) atoms. The highest BCUT2D eigenvalue weighted by atomic mass is 32.1. The SMILES string of the molecule is Cc1nc(CC(O)c2cc(F)c(F)c(F)c2)cs1. The van der Waals surface area contributed by atoms with E-state index in [1.165, 1.54) is 11.3 Å². The van der Waals surface area contributed by atoms with Gasteiger partial charge in [-0.3, -0.25) is 0 Å². The van der Waals surface area contributed by atoms with E-state index in [0.717, 1.165) is 17.1 Å². The Balaban J connectivity index is 2.21. The minimum absolute atomic E-state index is 0.00273. The van der Waals surface area contributed by atoms with Gasteiger partial charge in [0.25, 0.3) is 0 Å². The Morgan fingerprint density at radius 1 is 1.28 bits per heavy atom. The van der Waals surface area contributed by atoms with E-state index in [9.17, 15) is 18.3 Å². The van der Waals surface area contributed by atoms with Gasteiger partial charge >= 0.3 is 0 Å². The fourth-order valence-electron chi connectivity index (χ4n) is 1.59. The Labute approximate surface area is 106 Å². The molecule has 0 radical (unpaired) electrons. The number of halogens is 3. The van der Waals surface area contributed by atoms with Gasteiger partial charge in [0.2, 0.25) is 0 Å². The summed E-state index contributed by atoms with van der Waals surface area (Å²) in [5.74, 6) is -4.15. The molecule has 2 rings (SSSR count). The molecule has 0 aliphatic rings. The van der Waals surface area contributed by atoms with Gasteiger partial charge < -0.3 is 5.11 Å². The zero-order valence-corrected chi connectivity index (χ0v) is 10.3. The first-order valence-electron chi connectivity index (χ1n) is 5.21. The first kappa shape index (κ1) is 13.0. The highest BCUT2D eigenvalue weighted by Crippen LogP contribution is 2.23. The van der Waals surface area contributed by atoms with Crippen molar-refractivity contribution in [2.24, 2.45) is 0 Å². The highest BCUT2D eigenvalue weighted by Gasteiger charge is 2.16. The minimum Gasteiger partial charge on any atom is -0.388 e. The molecule has 1 aromatic carbocycles. The van der Waals surface area contributed by atoms with Crippen molar-refractivity contribution in [1.29, 1.82) is 0 Å². The molecule has 0 saturated carbocycles. The van der Waals surface area contributed by atoms with Crippen LogP contribution >= 0.6 is 11.3 Å². The lowest BCUT2D eigenvalue weighted by Gasteiger charge is -2.10. The number of hydrogen-bond donors (Lipinski definition) is 1. The van der Waals surface area contributed by atoms with E-state index >= 15 is 0 Å². The number of aliphatic hydroxyl groups excluding tert-OH is 1. The number of aryl methyl sites for hydroxylation is 1. The van der Waals surface area contributed by atoms with Crippen molar-refractivity contribution >= 4 is 11.3 Å². The zero-order chi connectivity index (χ0) is 13.3. The summed E-state index contributed by atoms with van der Waals surface area (Å²) in [4.78, 5) is 4.14. The first-order chi connectivity index (χ1) is 8.47. The molecule has 1 unspecified atom stereocenters. The maximum Gasteiger partial charge on any atom is 0.194 e. The summed E-state index contributed by atoms with van der Waals surface area (Å²) in [7, 11) is 0. The Morgan fingerprint density at radius 2 is 1.89 bits per heavy atom. The van der Waals surface area contributed by atoms with Crippen LogP contribution in [-0.2, 0) is 6.42 Å². The van der Waals surface area contributed by atoms with E-state index in [4.69, 9.17) is 0 Å². The summed E-state index contributed by atoms with van der Waals surface area (Å²) in [6.45, 7) is 1.82. The molecule has 0 fully saturated rings. The van der Waals surface area contributed by atoms with Crippen LogP contribution in [0.15, 0.2) is 17.5 Å². The normalized spacial score (nSPS) is 12.7. The second kappa shape index (κ2) is 5.07. The van der Waals surface area contributed by atoms with Gasteiger partial charge in [0.1, 0.15) is 0 Å². The van der Waals surface area contributed by atoms with Crippen LogP contribution in [0.25, 0.3) is 0 Å². The molecule has 0 aliphatic carbocycles. The molecule has 0 bridgehead atoms. The molecule has 6 heteroatoms. The standard InChI is InChI=1S/C12H10F3NOS/c1-6-16-8(5-18-6)4-11(17)7-2-9(13)12(15)10(14)3-7/h2-3,5,11,17H,4H2,1H3. The number of hydrogen-bond acceptors (Lipinski definition) is 3. The average molecular weight is 273 g/mol. The number of thiazole rings is 1. The lowest BCUT2D eigenvalue weighted by molar-refractivity contribution is 0.176. The average Bonchev–Trinajstić information content (AvgIpc) is 2.71. The van der Waals surface area contributed by atoms with E-state index in [1.54, 1.807) is 5.38 Å². The van der Waals surface area contributed by atoms with Gasteiger partial charge in [-0.2, -0.15) is 0 Å². The van der Waals surface area contributed by atoms with E-state index in [2.05, 4.69) is 4.98 Å². The molecule has 2 aromatic rings. The Kier molecular flexibility index (Phi) is 3.68. The van der Waals surface area contributed by atoms with Crippen LogP contribution in [0, 0.1) is 24.4 Å². The second-order valence-corrected chi connectivity index (χ2v) is 4.94. The summed E-state index contributed by atoms with van der Waals surface area (Å²) in [6, 6.07) is 1.59. The highest BCUT2D eigenvalue weighted by molar-refractivity contribution is 7.09. The van der Waals surface area contributed by atoms with Crippen molar-refractivity contribution < 1.29 is 18.3 Å². The quantitative estimate of drug-likeness (QED) is 0.871. The molecule has 1 N–H and O–H groups in total. The van der Waals surface area contributed by atoms with Crippen LogP contribution in [-0.4, -0.2) is 10.1 Å². The van der Waals surface area contributed by atoms with Crippen molar-refractivity contribution in [3.63, 3.8) is 0 Å². The van der Waals surface area contributed by atoms with Crippen LogP contribution in [0.5, 0.6) is 0 Å². The predicted molar refractivity (Wildman–Crippen MR) is 61.8 cm³/mol. The largest absolute Gasteiger partial charge is 0.388 e. The molecule has 1 aromatic heterocycles. The maximum atomic E-state index is 13.0. The smallest absolute Gasteiger partial charge is 0.194 e. The van der Waals surface area contributed by atoms with Crippen LogP contribution in [0.3, 0.4) is 0 Å². The van der Waals surface area contributed by atoms with E-state index in [0.29, 0.717) is 5.69 Å². The number of aliphatic hydroxyl groups is 1. The number of nitrogens with zero attached hydrogens (tertiary/aromatic N) is 1. The number of aromatic nitrogens is 1. The molecule has 0 spiro atoms. The molecule has 2 nitrogen and oxygen atoms in total. The van der Waals surface area contributed by atoms with Gasteiger partial charge in [-0.1, -0.05) is 0 Å². The monoisotopic (exact) mass is 273 g/mol. The third-order valence-corrected chi connectivity index (χ3v) is 3.28. The summed E-state index contributed by atoms with van der Waals surface area (Å²) >= 11 is 1.42.